The minimum Gasteiger partial charge on any atom is -0.487 e. The summed E-state index contributed by atoms with van der Waals surface area (Å²) in [6, 6.07) is 10.4. The van der Waals surface area contributed by atoms with Gasteiger partial charge in [-0.15, -0.1) is 0 Å². The molecule has 0 aliphatic heterocycles. The van der Waals surface area contributed by atoms with E-state index in [-0.39, 0.29) is 5.60 Å². The zero-order valence-electron chi connectivity index (χ0n) is 7.50. The van der Waals surface area contributed by atoms with Crippen molar-refractivity contribution in [2.24, 2.45) is 5.73 Å². The average Bonchev–Trinajstić information content (AvgIpc) is 2.06. The van der Waals surface area contributed by atoms with Gasteiger partial charge in [0, 0.05) is 6.54 Å². The molecule has 1 aromatic carbocycles. The maximum Gasteiger partial charge on any atom is 0.120 e. The Morgan fingerprint density at radius 2 is 2.33 bits per heavy atom. The molecular formula is C10H14NO. The van der Waals surface area contributed by atoms with Crippen LogP contribution < -0.4 is 10.5 Å². The summed E-state index contributed by atoms with van der Waals surface area (Å²) >= 11 is 0. The van der Waals surface area contributed by atoms with Crippen molar-refractivity contribution in [1.29, 1.82) is 0 Å². The first kappa shape index (κ1) is 9.07. The van der Waals surface area contributed by atoms with Gasteiger partial charge in [0.2, 0.25) is 0 Å². The van der Waals surface area contributed by atoms with Crippen molar-refractivity contribution in [3.8, 4) is 5.75 Å². The maximum absolute atomic E-state index is 5.59. The predicted molar refractivity (Wildman–Crippen MR) is 49.0 cm³/mol. The van der Waals surface area contributed by atoms with Crippen LogP contribution in [0.1, 0.15) is 13.8 Å². The van der Waals surface area contributed by atoms with Crippen molar-refractivity contribution < 1.29 is 4.74 Å². The molecule has 1 aromatic rings. The molecule has 2 heteroatoms. The fourth-order valence-corrected chi connectivity index (χ4v) is 0.801. The summed E-state index contributed by atoms with van der Waals surface area (Å²) < 4.78 is 5.59. The SMILES string of the molecule is CC(C)(CN)Oc1c[c]ccc1. The van der Waals surface area contributed by atoms with E-state index in [1.807, 2.05) is 32.0 Å². The summed E-state index contributed by atoms with van der Waals surface area (Å²) in [5.41, 5.74) is 5.22. The van der Waals surface area contributed by atoms with Crippen LogP contribution in [0.5, 0.6) is 5.75 Å². The molecule has 0 bridgehead atoms. The number of hydrogen-bond acceptors (Lipinski definition) is 2. The second-order valence-corrected chi connectivity index (χ2v) is 3.31. The molecule has 1 radical (unpaired) electrons. The Morgan fingerprint density at radius 3 is 2.83 bits per heavy atom. The standard InChI is InChI=1S/C10H14NO/c1-10(2,8-11)12-9-6-4-3-5-7-9/h3-4,6-7H,8,11H2,1-2H3. The summed E-state index contributed by atoms with van der Waals surface area (Å²) in [7, 11) is 0. The molecule has 0 aromatic heterocycles. The highest BCUT2D eigenvalue weighted by Gasteiger charge is 2.16. The summed E-state index contributed by atoms with van der Waals surface area (Å²) in [6.45, 7) is 4.42. The zero-order chi connectivity index (χ0) is 9.03. The van der Waals surface area contributed by atoms with Gasteiger partial charge in [-0.05, 0) is 32.0 Å². The lowest BCUT2D eigenvalue weighted by Gasteiger charge is -2.24. The Labute approximate surface area is 73.3 Å². The van der Waals surface area contributed by atoms with Crippen LogP contribution in [-0.2, 0) is 0 Å². The molecule has 0 saturated carbocycles. The van der Waals surface area contributed by atoms with Gasteiger partial charge in [-0.3, -0.25) is 0 Å². The molecule has 0 saturated heterocycles. The van der Waals surface area contributed by atoms with Crippen LogP contribution in [0, 0.1) is 6.07 Å². The highest BCUT2D eigenvalue weighted by atomic mass is 16.5. The van der Waals surface area contributed by atoms with Gasteiger partial charge in [-0.25, -0.2) is 0 Å². The van der Waals surface area contributed by atoms with Gasteiger partial charge in [0.05, 0.1) is 0 Å². The van der Waals surface area contributed by atoms with E-state index in [0.29, 0.717) is 6.54 Å². The van der Waals surface area contributed by atoms with Crippen molar-refractivity contribution >= 4 is 0 Å². The second kappa shape index (κ2) is 3.59. The van der Waals surface area contributed by atoms with Gasteiger partial charge < -0.3 is 10.5 Å². The minimum absolute atomic E-state index is 0.296. The monoisotopic (exact) mass is 164 g/mol. The summed E-state index contributed by atoms with van der Waals surface area (Å²) in [5.74, 6) is 0.813. The highest BCUT2D eigenvalue weighted by molar-refractivity contribution is 5.21. The maximum atomic E-state index is 5.59. The lowest BCUT2D eigenvalue weighted by molar-refractivity contribution is 0.119. The predicted octanol–water partition coefficient (Wildman–Crippen LogP) is 1.60. The first-order chi connectivity index (χ1) is 5.64. The van der Waals surface area contributed by atoms with E-state index < -0.39 is 0 Å². The molecule has 1 rings (SSSR count). The second-order valence-electron chi connectivity index (χ2n) is 3.31. The van der Waals surface area contributed by atoms with Crippen LogP contribution in [0.2, 0.25) is 0 Å². The summed E-state index contributed by atoms with van der Waals surface area (Å²) in [5, 5.41) is 0. The number of ether oxygens (including phenoxy) is 1. The van der Waals surface area contributed by atoms with E-state index in [1.165, 1.54) is 0 Å². The quantitative estimate of drug-likeness (QED) is 0.736. The number of nitrogens with two attached hydrogens (primary N) is 1. The molecule has 0 spiro atoms. The molecule has 0 aliphatic rings. The molecule has 0 heterocycles. The smallest absolute Gasteiger partial charge is 0.120 e. The summed E-state index contributed by atoms with van der Waals surface area (Å²) in [4.78, 5) is 0. The van der Waals surface area contributed by atoms with Gasteiger partial charge in [0.25, 0.3) is 0 Å². The average molecular weight is 164 g/mol. The highest BCUT2D eigenvalue weighted by Crippen LogP contribution is 2.15. The lowest BCUT2D eigenvalue weighted by Crippen LogP contribution is -2.37. The number of rotatable bonds is 3. The van der Waals surface area contributed by atoms with E-state index in [0.717, 1.165) is 5.75 Å². The van der Waals surface area contributed by atoms with E-state index in [2.05, 4.69) is 6.07 Å². The molecule has 0 unspecified atom stereocenters. The normalized spacial score (nSPS) is 11.2. The van der Waals surface area contributed by atoms with Crippen molar-refractivity contribution in [3.63, 3.8) is 0 Å². The number of benzene rings is 1. The molecule has 2 N–H and O–H groups in total. The third kappa shape index (κ3) is 2.55. The fourth-order valence-electron chi connectivity index (χ4n) is 0.801. The third-order valence-corrected chi connectivity index (χ3v) is 1.56. The van der Waals surface area contributed by atoms with Crippen molar-refractivity contribution in [1.82, 2.24) is 0 Å². The van der Waals surface area contributed by atoms with Crippen molar-refractivity contribution in [2.75, 3.05) is 6.54 Å². The fraction of sp³-hybridized carbons (Fsp3) is 0.400. The molecule has 2 nitrogen and oxygen atoms in total. The van der Waals surface area contributed by atoms with Crippen molar-refractivity contribution in [2.45, 2.75) is 19.4 Å². The third-order valence-electron chi connectivity index (χ3n) is 1.56. The molecule has 0 fully saturated rings. The lowest BCUT2D eigenvalue weighted by atomic mass is 10.1. The van der Waals surface area contributed by atoms with Crippen LogP contribution >= 0.6 is 0 Å². The Bertz CT molecular complexity index is 231. The topological polar surface area (TPSA) is 35.2 Å². The van der Waals surface area contributed by atoms with E-state index in [4.69, 9.17) is 10.5 Å². The van der Waals surface area contributed by atoms with Gasteiger partial charge >= 0.3 is 0 Å². The molecule has 12 heavy (non-hydrogen) atoms. The first-order valence-corrected chi connectivity index (χ1v) is 3.99. The van der Waals surface area contributed by atoms with Crippen LogP contribution in [-0.4, -0.2) is 12.1 Å². The molecular weight excluding hydrogens is 150 g/mol. The Balaban J connectivity index is 2.64. The zero-order valence-corrected chi connectivity index (χ0v) is 7.50. The number of hydrogen-bond donors (Lipinski definition) is 1. The summed E-state index contributed by atoms with van der Waals surface area (Å²) in [6.07, 6.45) is 0. The van der Waals surface area contributed by atoms with Crippen LogP contribution in [0.3, 0.4) is 0 Å². The van der Waals surface area contributed by atoms with E-state index in [1.54, 1.807) is 6.07 Å². The van der Waals surface area contributed by atoms with Crippen LogP contribution in [0.25, 0.3) is 0 Å². The van der Waals surface area contributed by atoms with Crippen LogP contribution in [0.15, 0.2) is 24.3 Å². The molecule has 0 aliphatic carbocycles. The van der Waals surface area contributed by atoms with E-state index >= 15 is 0 Å². The Kier molecular flexibility index (Phi) is 2.71. The molecule has 65 valence electrons. The minimum atomic E-state index is -0.296. The van der Waals surface area contributed by atoms with Gasteiger partial charge in [-0.1, -0.05) is 12.1 Å². The van der Waals surface area contributed by atoms with E-state index in [9.17, 15) is 0 Å². The van der Waals surface area contributed by atoms with Crippen LogP contribution in [0.4, 0.5) is 0 Å². The van der Waals surface area contributed by atoms with Crippen molar-refractivity contribution in [3.05, 3.63) is 30.3 Å². The first-order valence-electron chi connectivity index (χ1n) is 3.99. The molecule has 0 amide bonds. The van der Waals surface area contributed by atoms with Gasteiger partial charge in [-0.2, -0.15) is 0 Å². The largest absolute Gasteiger partial charge is 0.487 e. The van der Waals surface area contributed by atoms with Gasteiger partial charge in [0.15, 0.2) is 0 Å². The molecule has 0 atom stereocenters. The van der Waals surface area contributed by atoms with Gasteiger partial charge in [0.1, 0.15) is 11.4 Å². The Morgan fingerprint density at radius 1 is 1.58 bits per heavy atom. The Hall–Kier alpha value is -1.02.